The van der Waals surface area contributed by atoms with Crippen molar-refractivity contribution in [3.05, 3.63) is 81.2 Å². The zero-order chi connectivity index (χ0) is 24.1. The average molecular weight is 466 g/mol. The first kappa shape index (κ1) is 23.1. The number of nitrogens with zero attached hydrogens (tertiary/aromatic N) is 4. The minimum absolute atomic E-state index is 0.209. The maximum absolute atomic E-state index is 13.4. The molecule has 178 valence electrons. The molecular weight excluding hydrogens is 438 g/mol. The van der Waals surface area contributed by atoms with Crippen molar-refractivity contribution >= 4 is 17.1 Å². The predicted molar refractivity (Wildman–Crippen MR) is 126 cm³/mol. The molecule has 0 aliphatic heterocycles. The molecule has 10 heteroatoms. The second-order valence-electron chi connectivity index (χ2n) is 7.89. The Bertz CT molecular complexity index is 1400. The van der Waals surface area contributed by atoms with E-state index in [-0.39, 0.29) is 18.6 Å². The molecule has 0 aliphatic carbocycles. The summed E-state index contributed by atoms with van der Waals surface area (Å²) >= 11 is 0. The van der Waals surface area contributed by atoms with Crippen molar-refractivity contribution in [2.24, 2.45) is 0 Å². The Hall–Kier alpha value is -4.08. The van der Waals surface area contributed by atoms with E-state index in [9.17, 15) is 14.4 Å². The third-order valence-corrected chi connectivity index (χ3v) is 5.60. The van der Waals surface area contributed by atoms with Crippen molar-refractivity contribution in [1.29, 1.82) is 0 Å². The molecule has 3 aromatic heterocycles. The lowest BCUT2D eigenvalue weighted by Gasteiger charge is -2.13. The summed E-state index contributed by atoms with van der Waals surface area (Å²) in [5, 5.41) is 2.77. The molecule has 3 heterocycles. The molecule has 0 aliphatic rings. The van der Waals surface area contributed by atoms with E-state index in [2.05, 4.69) is 10.3 Å². The van der Waals surface area contributed by atoms with Gasteiger partial charge in [0.25, 0.3) is 5.56 Å². The third kappa shape index (κ3) is 4.66. The van der Waals surface area contributed by atoms with Crippen LogP contribution in [0, 0.1) is 0 Å². The van der Waals surface area contributed by atoms with Crippen LogP contribution in [-0.4, -0.2) is 31.7 Å². The highest BCUT2D eigenvalue weighted by molar-refractivity contribution is 5.76. The van der Waals surface area contributed by atoms with Crippen molar-refractivity contribution in [3.8, 4) is 5.75 Å². The minimum atomic E-state index is -0.566. The standard InChI is InChI=1S/C24H27N5O5/c1-3-4-11-28-22-21(27(16-26-22)14-18-9-7-12-34-18)23(31)29(24(28)32)15-20(30)25-13-17-8-5-6-10-19(17)33-2/h5-10,12,16H,3-4,11,13-15H2,1-2H3,(H,25,30). The Balaban J connectivity index is 1.67. The van der Waals surface area contributed by atoms with Gasteiger partial charge >= 0.3 is 5.69 Å². The number of fused-ring (bicyclic) bond motifs is 1. The van der Waals surface area contributed by atoms with Gasteiger partial charge in [0.2, 0.25) is 5.91 Å². The van der Waals surface area contributed by atoms with Gasteiger partial charge < -0.3 is 19.0 Å². The van der Waals surface area contributed by atoms with Crippen LogP contribution >= 0.6 is 0 Å². The number of hydrogen-bond donors (Lipinski definition) is 1. The molecule has 1 amide bonds. The Morgan fingerprint density at radius 1 is 1.15 bits per heavy atom. The molecule has 0 spiro atoms. The number of carbonyl (C=O) groups is 1. The van der Waals surface area contributed by atoms with Gasteiger partial charge in [-0.2, -0.15) is 0 Å². The molecular formula is C24H27N5O5. The van der Waals surface area contributed by atoms with E-state index in [1.54, 1.807) is 36.1 Å². The number of amides is 1. The number of ether oxygens (including phenoxy) is 1. The number of rotatable bonds is 10. The Kier molecular flexibility index (Phi) is 6.95. The van der Waals surface area contributed by atoms with Gasteiger partial charge in [0.05, 0.1) is 26.2 Å². The van der Waals surface area contributed by atoms with Crippen LogP contribution in [0.15, 0.2) is 63.0 Å². The van der Waals surface area contributed by atoms with Crippen LogP contribution in [0.2, 0.25) is 0 Å². The van der Waals surface area contributed by atoms with E-state index < -0.39 is 23.7 Å². The summed E-state index contributed by atoms with van der Waals surface area (Å²) in [7, 11) is 1.56. The normalized spacial score (nSPS) is 11.1. The number of para-hydroxylation sites is 1. The van der Waals surface area contributed by atoms with Crippen molar-refractivity contribution in [1.82, 2.24) is 24.0 Å². The fourth-order valence-electron chi connectivity index (χ4n) is 3.83. The fourth-order valence-corrected chi connectivity index (χ4v) is 3.83. The maximum atomic E-state index is 13.4. The average Bonchev–Trinajstić information content (AvgIpc) is 3.51. The number of methoxy groups -OCH3 is 1. The lowest BCUT2D eigenvalue weighted by Crippen LogP contribution is -2.44. The summed E-state index contributed by atoms with van der Waals surface area (Å²) in [6, 6.07) is 10.9. The van der Waals surface area contributed by atoms with E-state index >= 15 is 0 Å². The Labute approximate surface area is 195 Å². The number of aryl methyl sites for hydroxylation is 1. The van der Waals surface area contributed by atoms with Crippen LogP contribution in [-0.2, 0) is 31.0 Å². The molecule has 0 fully saturated rings. The molecule has 10 nitrogen and oxygen atoms in total. The minimum Gasteiger partial charge on any atom is -0.496 e. The first-order valence-electron chi connectivity index (χ1n) is 11.1. The van der Waals surface area contributed by atoms with Crippen LogP contribution in [0.5, 0.6) is 5.75 Å². The second-order valence-corrected chi connectivity index (χ2v) is 7.89. The Morgan fingerprint density at radius 3 is 2.71 bits per heavy atom. The number of hydrogen-bond acceptors (Lipinski definition) is 6. The monoisotopic (exact) mass is 465 g/mol. The molecule has 0 unspecified atom stereocenters. The molecule has 34 heavy (non-hydrogen) atoms. The molecule has 0 atom stereocenters. The molecule has 4 rings (SSSR count). The summed E-state index contributed by atoms with van der Waals surface area (Å²) in [4.78, 5) is 43.6. The Morgan fingerprint density at radius 2 is 1.97 bits per heavy atom. The topological polar surface area (TPSA) is 113 Å². The number of benzene rings is 1. The van der Waals surface area contributed by atoms with Crippen molar-refractivity contribution < 1.29 is 13.9 Å². The van der Waals surface area contributed by atoms with E-state index in [4.69, 9.17) is 9.15 Å². The van der Waals surface area contributed by atoms with E-state index in [0.29, 0.717) is 23.7 Å². The summed E-state index contributed by atoms with van der Waals surface area (Å²) in [6.45, 7) is 2.50. The number of imidazole rings is 1. The fraction of sp³-hybridized carbons (Fsp3) is 0.333. The quantitative estimate of drug-likeness (QED) is 0.384. The smallest absolute Gasteiger partial charge is 0.333 e. The molecule has 1 aromatic carbocycles. The number of furan rings is 1. The van der Waals surface area contributed by atoms with Crippen molar-refractivity contribution in [3.63, 3.8) is 0 Å². The zero-order valence-corrected chi connectivity index (χ0v) is 19.2. The van der Waals surface area contributed by atoms with Gasteiger partial charge in [-0.25, -0.2) is 14.3 Å². The van der Waals surface area contributed by atoms with E-state index in [1.165, 1.54) is 10.9 Å². The van der Waals surface area contributed by atoms with Gasteiger partial charge in [-0.3, -0.25) is 14.2 Å². The molecule has 0 bridgehead atoms. The number of unbranched alkanes of at least 4 members (excludes halogenated alkanes) is 1. The van der Waals surface area contributed by atoms with Crippen LogP contribution in [0.4, 0.5) is 0 Å². The van der Waals surface area contributed by atoms with Crippen LogP contribution in [0.3, 0.4) is 0 Å². The van der Waals surface area contributed by atoms with Gasteiger partial charge in [-0.15, -0.1) is 0 Å². The molecule has 0 radical (unpaired) electrons. The van der Waals surface area contributed by atoms with E-state index in [1.807, 2.05) is 25.1 Å². The highest BCUT2D eigenvalue weighted by atomic mass is 16.5. The highest BCUT2D eigenvalue weighted by Gasteiger charge is 2.20. The molecule has 0 saturated heterocycles. The number of nitrogens with one attached hydrogen (secondary N) is 1. The largest absolute Gasteiger partial charge is 0.496 e. The summed E-state index contributed by atoms with van der Waals surface area (Å²) in [5.41, 5.74) is 0.231. The lowest BCUT2D eigenvalue weighted by atomic mass is 10.2. The maximum Gasteiger partial charge on any atom is 0.333 e. The third-order valence-electron chi connectivity index (χ3n) is 5.60. The van der Waals surface area contributed by atoms with Crippen LogP contribution in [0.25, 0.3) is 11.2 Å². The molecule has 4 aromatic rings. The molecule has 1 N–H and O–H groups in total. The van der Waals surface area contributed by atoms with Crippen LogP contribution < -0.4 is 21.3 Å². The number of aromatic nitrogens is 4. The van der Waals surface area contributed by atoms with Crippen LogP contribution in [0.1, 0.15) is 31.1 Å². The van der Waals surface area contributed by atoms with Crippen molar-refractivity contribution in [2.75, 3.05) is 7.11 Å². The summed E-state index contributed by atoms with van der Waals surface area (Å²) in [5.74, 6) is 0.833. The summed E-state index contributed by atoms with van der Waals surface area (Å²) < 4.78 is 14.8. The summed E-state index contributed by atoms with van der Waals surface area (Å²) in [6.07, 6.45) is 4.66. The van der Waals surface area contributed by atoms with Gasteiger partial charge in [0.15, 0.2) is 11.2 Å². The van der Waals surface area contributed by atoms with Gasteiger partial charge in [-0.1, -0.05) is 31.5 Å². The van der Waals surface area contributed by atoms with Gasteiger partial charge in [-0.05, 0) is 24.6 Å². The SMILES string of the molecule is CCCCn1c(=O)n(CC(=O)NCc2ccccc2OC)c(=O)c2c1ncn2Cc1ccco1. The first-order valence-corrected chi connectivity index (χ1v) is 11.1. The predicted octanol–water partition coefficient (Wildman–Crippen LogP) is 2.13. The van der Waals surface area contributed by atoms with Crippen molar-refractivity contribution in [2.45, 2.75) is 45.9 Å². The zero-order valence-electron chi connectivity index (χ0n) is 19.2. The van der Waals surface area contributed by atoms with E-state index in [0.717, 1.165) is 23.0 Å². The second kappa shape index (κ2) is 10.2. The number of carbonyl (C=O) groups excluding carboxylic acids is 1. The van der Waals surface area contributed by atoms with Gasteiger partial charge in [0, 0.05) is 18.7 Å². The highest BCUT2D eigenvalue weighted by Crippen LogP contribution is 2.16. The first-order chi connectivity index (χ1) is 16.5. The molecule has 0 saturated carbocycles. The van der Waals surface area contributed by atoms with Gasteiger partial charge in [0.1, 0.15) is 18.1 Å². The lowest BCUT2D eigenvalue weighted by molar-refractivity contribution is -0.121.